The van der Waals surface area contributed by atoms with E-state index in [0.717, 1.165) is 60.3 Å². The fourth-order valence-electron chi connectivity index (χ4n) is 2.78. The number of nitrogens with two attached hydrogens (primary N) is 1. The Bertz CT molecular complexity index is 984. The number of nitrogens with one attached hydrogen (secondary N) is 3. The number of anilines is 1. The van der Waals surface area contributed by atoms with Gasteiger partial charge in [0.2, 0.25) is 5.95 Å². The number of fused-ring (bicyclic) bond motifs is 1. The summed E-state index contributed by atoms with van der Waals surface area (Å²) in [5.74, 6) is 1.22. The highest BCUT2D eigenvalue weighted by Crippen LogP contribution is 2.27. The van der Waals surface area contributed by atoms with Crippen molar-refractivity contribution in [1.82, 2.24) is 25.3 Å². The van der Waals surface area contributed by atoms with E-state index in [9.17, 15) is 0 Å². The fraction of sp³-hybridized carbons (Fsp3) is 0.278. The third kappa shape index (κ3) is 4.33. The molecule has 10 heteroatoms. The molecule has 0 aliphatic carbocycles. The average Bonchev–Trinajstić information content (AvgIpc) is 3.23. The number of methoxy groups -OCH3 is 1. The number of ether oxygens (including phenoxy) is 1. The zero-order chi connectivity index (χ0) is 19.9. The minimum Gasteiger partial charge on any atom is -0.497 e. The Morgan fingerprint density at radius 2 is 1.93 bits per heavy atom. The van der Waals surface area contributed by atoms with E-state index < -0.39 is 0 Å². The number of aromatic amines is 1. The molecule has 10 nitrogen and oxygen atoms in total. The van der Waals surface area contributed by atoms with Gasteiger partial charge in [0, 0.05) is 31.7 Å². The van der Waals surface area contributed by atoms with E-state index in [4.69, 9.17) is 15.1 Å². The van der Waals surface area contributed by atoms with Crippen LogP contribution < -0.4 is 20.7 Å². The lowest BCUT2D eigenvalue weighted by molar-refractivity contribution is 0.415. The van der Waals surface area contributed by atoms with Crippen LogP contribution in [0.1, 0.15) is 0 Å². The first-order valence-electron chi connectivity index (χ1n) is 8.68. The number of nitrogens with zero attached hydrogens (tertiary/aromatic N) is 5. The Hall–Kier alpha value is -3.71. The van der Waals surface area contributed by atoms with E-state index in [1.165, 1.54) is 0 Å². The van der Waals surface area contributed by atoms with Crippen molar-refractivity contribution in [3.63, 3.8) is 0 Å². The minimum atomic E-state index is -0.343. The number of benzene rings is 1. The van der Waals surface area contributed by atoms with Crippen LogP contribution in [0.15, 0.2) is 30.6 Å². The number of piperazine rings is 1. The van der Waals surface area contributed by atoms with Gasteiger partial charge in [-0.15, -0.1) is 5.41 Å². The van der Waals surface area contributed by atoms with Crippen LogP contribution in [0.25, 0.3) is 27.3 Å². The van der Waals surface area contributed by atoms with Crippen molar-refractivity contribution in [2.75, 3.05) is 38.2 Å². The summed E-state index contributed by atoms with van der Waals surface area (Å²) < 4.78 is 5.23. The van der Waals surface area contributed by atoms with Crippen molar-refractivity contribution in [2.45, 2.75) is 0 Å². The van der Waals surface area contributed by atoms with Gasteiger partial charge in [-0.3, -0.25) is 5.73 Å². The summed E-state index contributed by atoms with van der Waals surface area (Å²) >= 11 is 0. The number of guanidine groups is 1. The van der Waals surface area contributed by atoms with Crippen LogP contribution in [0.2, 0.25) is 0 Å². The third-order valence-electron chi connectivity index (χ3n) is 4.17. The monoisotopic (exact) mass is 380 g/mol. The molecule has 0 unspecified atom stereocenters. The van der Waals surface area contributed by atoms with Crippen LogP contribution in [-0.2, 0) is 0 Å². The van der Waals surface area contributed by atoms with Gasteiger partial charge < -0.3 is 19.9 Å². The number of H-pyrrole nitrogens is 1. The average molecular weight is 380 g/mol. The molecule has 1 aliphatic rings. The Morgan fingerprint density at radius 1 is 1.25 bits per heavy atom. The number of aromatic nitrogens is 4. The first-order valence-corrected chi connectivity index (χ1v) is 8.68. The smallest absolute Gasteiger partial charge is 0.478 e. The lowest BCUT2D eigenvalue weighted by Gasteiger charge is -2.27. The van der Waals surface area contributed by atoms with Gasteiger partial charge in [0.1, 0.15) is 17.0 Å². The largest absolute Gasteiger partial charge is 0.497 e. The van der Waals surface area contributed by atoms with Crippen LogP contribution in [0, 0.1) is 12.0 Å². The highest BCUT2D eigenvalue weighted by Gasteiger charge is 2.18. The molecule has 0 saturated carbocycles. The molecule has 1 aliphatic heterocycles. The third-order valence-corrected chi connectivity index (χ3v) is 4.17. The Labute approximate surface area is 162 Å². The second kappa shape index (κ2) is 8.79. The van der Waals surface area contributed by atoms with Crippen molar-refractivity contribution >= 4 is 23.1 Å². The molecule has 0 amide bonds. The number of hydrogen-bond donors (Lipinski definition) is 4. The maximum Gasteiger partial charge on any atom is 0.478 e. The van der Waals surface area contributed by atoms with Gasteiger partial charge in [-0.2, -0.15) is 9.83 Å². The standard InChI is InChI=1S/C16H18N6O.C2H4N3/c1-23-12-4-2-11(3-5-12)13-14-15(19-10-18-14)21-16(20-13)22-8-6-17-7-9-22;1-5-2(3)4/h2-5,10,17H,6-9H2,1H3,(H,18,19,20,21);1H,(H3,3,4)/q;+1. The molecule has 5 N–H and O–H groups in total. The van der Waals surface area contributed by atoms with E-state index >= 15 is 0 Å². The molecule has 3 heterocycles. The molecule has 28 heavy (non-hydrogen) atoms. The van der Waals surface area contributed by atoms with Crippen LogP contribution in [0.4, 0.5) is 5.95 Å². The van der Waals surface area contributed by atoms with Crippen LogP contribution in [0.3, 0.4) is 0 Å². The van der Waals surface area contributed by atoms with E-state index in [1.54, 1.807) is 13.4 Å². The summed E-state index contributed by atoms with van der Waals surface area (Å²) in [7, 11) is 1.66. The van der Waals surface area contributed by atoms with Gasteiger partial charge in [0.25, 0.3) is 0 Å². The summed E-state index contributed by atoms with van der Waals surface area (Å²) in [6.45, 7) is 8.15. The summed E-state index contributed by atoms with van der Waals surface area (Å²) in [6, 6.07) is 7.86. The first-order chi connectivity index (χ1) is 13.6. The van der Waals surface area contributed by atoms with E-state index in [2.05, 4.69) is 42.3 Å². The topological polar surface area (TPSA) is 133 Å². The maximum atomic E-state index is 6.23. The zero-order valence-corrected chi connectivity index (χ0v) is 15.5. The number of hydrogen-bond acceptors (Lipinski definition) is 7. The molecular formula is C18H22N9O+. The molecular weight excluding hydrogens is 358 g/mol. The van der Waals surface area contributed by atoms with E-state index in [-0.39, 0.29) is 5.96 Å². The van der Waals surface area contributed by atoms with Crippen LogP contribution in [-0.4, -0.2) is 59.2 Å². The van der Waals surface area contributed by atoms with Gasteiger partial charge in [0.15, 0.2) is 5.65 Å². The second-order valence-corrected chi connectivity index (χ2v) is 5.95. The summed E-state index contributed by atoms with van der Waals surface area (Å²) in [6.07, 6.45) is 1.66. The molecule has 1 fully saturated rings. The van der Waals surface area contributed by atoms with Gasteiger partial charge in [-0.1, -0.05) is 0 Å². The van der Waals surface area contributed by atoms with Crippen molar-refractivity contribution in [1.29, 1.82) is 5.41 Å². The molecule has 0 spiro atoms. The zero-order valence-electron chi connectivity index (χ0n) is 15.5. The second-order valence-electron chi connectivity index (χ2n) is 5.95. The van der Waals surface area contributed by atoms with Crippen LogP contribution >= 0.6 is 0 Å². The normalized spacial score (nSPS) is 13.4. The highest BCUT2D eigenvalue weighted by molar-refractivity contribution is 5.88. The molecule has 4 rings (SSSR count). The van der Waals surface area contributed by atoms with E-state index in [0.29, 0.717) is 0 Å². The summed E-state index contributed by atoms with van der Waals surface area (Å²) in [4.78, 5) is 21.8. The van der Waals surface area contributed by atoms with Gasteiger partial charge in [-0.05, 0) is 24.3 Å². The van der Waals surface area contributed by atoms with Crippen LogP contribution in [0.5, 0.6) is 5.75 Å². The molecule has 1 aromatic carbocycles. The Balaban J connectivity index is 0.000000403. The lowest BCUT2D eigenvalue weighted by atomic mass is 10.1. The predicted molar refractivity (Wildman–Crippen MR) is 109 cm³/mol. The maximum absolute atomic E-state index is 6.23. The molecule has 0 radical (unpaired) electrons. The predicted octanol–water partition coefficient (Wildman–Crippen LogP) is 1.28. The number of imidazole rings is 1. The number of rotatable bonds is 3. The van der Waals surface area contributed by atoms with Gasteiger partial charge in [-0.25, -0.2) is 9.97 Å². The SMILES string of the molecule is C#[N+]C(=N)N.COc1ccc(-c2nc(N3CCNCC3)nc3[nH]cnc23)cc1. The molecule has 0 atom stereocenters. The van der Waals surface area contributed by atoms with Crippen molar-refractivity contribution in [2.24, 2.45) is 5.73 Å². The summed E-state index contributed by atoms with van der Waals surface area (Å²) in [5, 5.41) is 9.57. The quantitative estimate of drug-likeness (QED) is 0.397. The fourth-order valence-corrected chi connectivity index (χ4v) is 2.78. The molecule has 0 bridgehead atoms. The van der Waals surface area contributed by atoms with Crippen molar-refractivity contribution < 1.29 is 4.74 Å². The molecule has 3 aromatic rings. The first kappa shape index (κ1) is 19.1. The molecule has 144 valence electrons. The van der Waals surface area contributed by atoms with Gasteiger partial charge >= 0.3 is 5.96 Å². The highest BCUT2D eigenvalue weighted by atomic mass is 16.5. The van der Waals surface area contributed by atoms with Crippen molar-refractivity contribution in [3.05, 3.63) is 35.4 Å². The molecule has 2 aromatic heterocycles. The van der Waals surface area contributed by atoms with E-state index in [1.807, 2.05) is 24.3 Å². The summed E-state index contributed by atoms with van der Waals surface area (Å²) in [5.41, 5.74) is 7.97. The molecule has 1 saturated heterocycles. The Kier molecular flexibility index (Phi) is 5.98. The Morgan fingerprint density at radius 3 is 2.54 bits per heavy atom. The van der Waals surface area contributed by atoms with Crippen molar-refractivity contribution in [3.8, 4) is 23.6 Å². The van der Waals surface area contributed by atoms with Gasteiger partial charge in [0.05, 0.1) is 20.0 Å². The minimum absolute atomic E-state index is 0.343. The lowest BCUT2D eigenvalue weighted by Crippen LogP contribution is -2.44.